The van der Waals surface area contributed by atoms with Crippen LogP contribution in [-0.4, -0.2) is 18.6 Å². The van der Waals surface area contributed by atoms with Crippen LogP contribution >= 0.6 is 23.4 Å². The van der Waals surface area contributed by atoms with Gasteiger partial charge in [-0.3, -0.25) is 4.79 Å². The second-order valence-electron chi connectivity index (χ2n) is 5.07. The monoisotopic (exact) mass is 342 g/mol. The molecule has 0 aliphatic rings. The first-order valence-corrected chi connectivity index (χ1v) is 8.52. The van der Waals surface area contributed by atoms with Gasteiger partial charge in [0.25, 0.3) is 0 Å². The Morgan fingerprint density at radius 2 is 1.83 bits per heavy atom. The van der Waals surface area contributed by atoms with Gasteiger partial charge in [-0.2, -0.15) is 0 Å². The fourth-order valence-electron chi connectivity index (χ4n) is 2.33. The summed E-state index contributed by atoms with van der Waals surface area (Å²) in [6, 6.07) is 19.5. The van der Waals surface area contributed by atoms with Crippen LogP contribution in [0.15, 0.2) is 65.6 Å². The molecule has 0 aromatic heterocycles. The summed E-state index contributed by atoms with van der Waals surface area (Å²) >= 11 is 7.60. The van der Waals surface area contributed by atoms with Crippen molar-refractivity contribution in [1.29, 1.82) is 0 Å². The van der Waals surface area contributed by atoms with E-state index in [1.807, 2.05) is 18.2 Å². The third-order valence-electron chi connectivity index (χ3n) is 3.56. The highest BCUT2D eigenvalue weighted by Crippen LogP contribution is 2.27. The molecule has 0 unspecified atom stereocenters. The largest absolute Gasteiger partial charge is 0.495 e. The molecule has 4 heteroatoms. The molecule has 0 aliphatic heterocycles. The SMILES string of the molecule is COc1ccc(C(=O)CSc2ccc3ccccc3c2)cc1Cl. The number of fused-ring (bicyclic) bond motifs is 1. The van der Waals surface area contributed by atoms with E-state index < -0.39 is 0 Å². The lowest BCUT2D eigenvalue weighted by molar-refractivity contribution is 0.102. The molecule has 0 radical (unpaired) electrons. The number of carbonyl (C=O) groups is 1. The molecule has 2 nitrogen and oxygen atoms in total. The highest BCUT2D eigenvalue weighted by molar-refractivity contribution is 8.00. The van der Waals surface area contributed by atoms with Crippen molar-refractivity contribution in [3.05, 3.63) is 71.2 Å². The second-order valence-corrected chi connectivity index (χ2v) is 6.53. The highest BCUT2D eigenvalue weighted by atomic mass is 35.5. The summed E-state index contributed by atoms with van der Waals surface area (Å²) in [5.74, 6) is 0.999. The second kappa shape index (κ2) is 7.07. The van der Waals surface area contributed by atoms with E-state index in [4.69, 9.17) is 16.3 Å². The van der Waals surface area contributed by atoms with Crippen molar-refractivity contribution in [2.75, 3.05) is 12.9 Å². The number of benzene rings is 3. The van der Waals surface area contributed by atoms with Crippen LogP contribution in [0.3, 0.4) is 0 Å². The average Bonchev–Trinajstić information content (AvgIpc) is 2.59. The number of hydrogen-bond donors (Lipinski definition) is 0. The molecule has 3 aromatic carbocycles. The van der Waals surface area contributed by atoms with Gasteiger partial charge in [-0.25, -0.2) is 0 Å². The first-order chi connectivity index (χ1) is 11.2. The van der Waals surface area contributed by atoms with Crippen molar-refractivity contribution >= 4 is 39.9 Å². The molecule has 0 saturated carbocycles. The summed E-state index contributed by atoms with van der Waals surface area (Å²) in [6.07, 6.45) is 0. The first-order valence-electron chi connectivity index (χ1n) is 7.16. The van der Waals surface area contributed by atoms with Gasteiger partial charge < -0.3 is 4.74 Å². The molecule has 0 saturated heterocycles. The molecule has 3 rings (SSSR count). The van der Waals surface area contributed by atoms with Gasteiger partial charge in [0.1, 0.15) is 5.75 Å². The number of methoxy groups -OCH3 is 1. The van der Waals surface area contributed by atoms with Crippen LogP contribution in [0.4, 0.5) is 0 Å². The predicted molar refractivity (Wildman–Crippen MR) is 97.0 cm³/mol. The van der Waals surface area contributed by atoms with E-state index in [0.29, 0.717) is 22.1 Å². The number of rotatable bonds is 5. The fraction of sp³-hybridized carbons (Fsp3) is 0.105. The molecular weight excluding hydrogens is 328 g/mol. The number of hydrogen-bond acceptors (Lipinski definition) is 3. The number of ketones is 1. The maximum Gasteiger partial charge on any atom is 0.173 e. The van der Waals surface area contributed by atoms with Gasteiger partial charge in [-0.05, 0) is 41.1 Å². The Hall–Kier alpha value is -1.97. The van der Waals surface area contributed by atoms with E-state index >= 15 is 0 Å². The van der Waals surface area contributed by atoms with Crippen molar-refractivity contribution in [3.63, 3.8) is 0 Å². The van der Waals surface area contributed by atoms with Gasteiger partial charge in [0.15, 0.2) is 5.78 Å². The molecule has 0 fully saturated rings. The molecule has 0 aliphatic carbocycles. The van der Waals surface area contributed by atoms with Crippen LogP contribution in [0, 0.1) is 0 Å². The molecule has 0 spiro atoms. The van der Waals surface area contributed by atoms with Crippen molar-refractivity contribution in [1.82, 2.24) is 0 Å². The minimum atomic E-state index is 0.0488. The number of halogens is 1. The van der Waals surface area contributed by atoms with Crippen molar-refractivity contribution in [3.8, 4) is 5.75 Å². The molecule has 0 heterocycles. The smallest absolute Gasteiger partial charge is 0.173 e. The van der Waals surface area contributed by atoms with Gasteiger partial charge in [0, 0.05) is 10.5 Å². The molecule has 0 atom stereocenters. The molecular formula is C19H15ClO2S. The predicted octanol–water partition coefficient (Wildman–Crippen LogP) is 5.48. The Morgan fingerprint density at radius 1 is 1.04 bits per heavy atom. The summed E-state index contributed by atoms with van der Waals surface area (Å²) < 4.78 is 5.10. The van der Waals surface area contributed by atoms with E-state index in [1.54, 1.807) is 25.3 Å². The van der Waals surface area contributed by atoms with E-state index in [1.165, 1.54) is 22.5 Å². The zero-order valence-electron chi connectivity index (χ0n) is 12.6. The average molecular weight is 343 g/mol. The third-order valence-corrected chi connectivity index (χ3v) is 4.85. The minimum Gasteiger partial charge on any atom is -0.495 e. The zero-order valence-corrected chi connectivity index (χ0v) is 14.2. The maximum atomic E-state index is 12.3. The van der Waals surface area contributed by atoms with Crippen molar-refractivity contribution < 1.29 is 9.53 Å². The molecule has 23 heavy (non-hydrogen) atoms. The molecule has 116 valence electrons. The van der Waals surface area contributed by atoms with Crippen LogP contribution in [0.2, 0.25) is 5.02 Å². The maximum absolute atomic E-state index is 12.3. The van der Waals surface area contributed by atoms with Gasteiger partial charge in [0.2, 0.25) is 0 Å². The van der Waals surface area contributed by atoms with E-state index in [0.717, 1.165) is 4.90 Å². The van der Waals surface area contributed by atoms with Crippen LogP contribution in [-0.2, 0) is 0 Å². The molecule has 0 bridgehead atoms. The summed E-state index contributed by atoms with van der Waals surface area (Å²) in [5, 5.41) is 2.83. The van der Waals surface area contributed by atoms with Crippen LogP contribution in [0.5, 0.6) is 5.75 Å². The quantitative estimate of drug-likeness (QED) is 0.454. The van der Waals surface area contributed by atoms with Crippen molar-refractivity contribution in [2.24, 2.45) is 0 Å². The number of thioether (sulfide) groups is 1. The fourth-order valence-corrected chi connectivity index (χ4v) is 3.43. The van der Waals surface area contributed by atoms with E-state index in [-0.39, 0.29) is 5.78 Å². The Bertz CT molecular complexity index is 861. The lowest BCUT2D eigenvalue weighted by Crippen LogP contribution is -2.02. The van der Waals surface area contributed by atoms with Crippen LogP contribution < -0.4 is 4.74 Å². The minimum absolute atomic E-state index is 0.0488. The number of ether oxygens (including phenoxy) is 1. The van der Waals surface area contributed by atoms with Gasteiger partial charge in [0.05, 0.1) is 17.9 Å². The topological polar surface area (TPSA) is 26.3 Å². The number of Topliss-reactive ketones (excluding diaryl/α,β-unsaturated/α-hetero) is 1. The Morgan fingerprint density at radius 3 is 2.57 bits per heavy atom. The summed E-state index contributed by atoms with van der Waals surface area (Å²) in [7, 11) is 1.55. The van der Waals surface area contributed by atoms with Crippen LogP contribution in [0.25, 0.3) is 10.8 Å². The molecule has 0 amide bonds. The Balaban J connectivity index is 1.71. The summed E-state index contributed by atoms with van der Waals surface area (Å²) in [5.41, 5.74) is 0.601. The third kappa shape index (κ3) is 3.69. The molecule has 3 aromatic rings. The zero-order chi connectivity index (χ0) is 16.2. The molecule has 0 N–H and O–H groups in total. The number of carbonyl (C=O) groups excluding carboxylic acids is 1. The van der Waals surface area contributed by atoms with E-state index in [2.05, 4.69) is 24.3 Å². The van der Waals surface area contributed by atoms with Gasteiger partial charge in [-0.15, -0.1) is 11.8 Å². The van der Waals surface area contributed by atoms with Gasteiger partial charge >= 0.3 is 0 Å². The van der Waals surface area contributed by atoms with E-state index in [9.17, 15) is 4.79 Å². The van der Waals surface area contributed by atoms with Crippen LogP contribution in [0.1, 0.15) is 10.4 Å². The lowest BCUT2D eigenvalue weighted by Gasteiger charge is -2.06. The standard InChI is InChI=1S/C19H15ClO2S/c1-22-19-9-7-15(11-17(19)20)18(21)12-23-16-8-6-13-4-2-3-5-14(13)10-16/h2-11H,12H2,1H3. The first kappa shape index (κ1) is 15.9. The van der Waals surface area contributed by atoms with Crippen molar-refractivity contribution in [2.45, 2.75) is 4.90 Å². The van der Waals surface area contributed by atoms with Gasteiger partial charge in [-0.1, -0.05) is 41.9 Å². The highest BCUT2D eigenvalue weighted by Gasteiger charge is 2.10. The Kier molecular flexibility index (Phi) is 4.89. The normalized spacial score (nSPS) is 10.7. The Labute approximate surface area is 144 Å². The lowest BCUT2D eigenvalue weighted by atomic mass is 10.1. The summed E-state index contributed by atoms with van der Waals surface area (Å²) in [6.45, 7) is 0. The summed E-state index contributed by atoms with van der Waals surface area (Å²) in [4.78, 5) is 13.4.